The maximum atomic E-state index is 11.9. The first kappa shape index (κ1) is 11.7. The average Bonchev–Trinajstić information content (AvgIpc) is 2.79. The third-order valence-corrected chi connectivity index (χ3v) is 3.59. The van der Waals surface area contributed by atoms with E-state index in [1.807, 2.05) is 24.3 Å². The van der Waals surface area contributed by atoms with Crippen LogP contribution in [0.15, 0.2) is 24.3 Å². The smallest absolute Gasteiger partial charge is 0.136 e. The number of hydrogen-bond donors (Lipinski definition) is 0. The molecule has 0 aromatic heterocycles. The van der Waals surface area contributed by atoms with Crippen LogP contribution in [0.1, 0.15) is 37.7 Å². The monoisotopic (exact) mass is 236 g/mol. The summed E-state index contributed by atoms with van der Waals surface area (Å²) >= 11 is 5.90. The molecule has 0 saturated heterocycles. The second kappa shape index (κ2) is 5.49. The fraction of sp³-hybridized carbons (Fsp3) is 0.500. The van der Waals surface area contributed by atoms with E-state index in [0.717, 1.165) is 24.3 Å². The van der Waals surface area contributed by atoms with Crippen LogP contribution in [0, 0.1) is 5.92 Å². The van der Waals surface area contributed by atoms with Crippen molar-refractivity contribution in [2.45, 2.75) is 38.5 Å². The Balaban J connectivity index is 1.84. The molecule has 0 amide bonds. The van der Waals surface area contributed by atoms with Crippen LogP contribution in [0.25, 0.3) is 0 Å². The number of Topliss-reactive ketones (excluding diaryl/α,β-unsaturated/α-hetero) is 1. The molecular weight excluding hydrogens is 220 g/mol. The summed E-state index contributed by atoms with van der Waals surface area (Å²) in [4.78, 5) is 11.9. The number of ketones is 1. The average molecular weight is 237 g/mol. The summed E-state index contributed by atoms with van der Waals surface area (Å²) in [5.74, 6) is 0.789. The maximum absolute atomic E-state index is 11.9. The van der Waals surface area contributed by atoms with Crippen molar-refractivity contribution in [1.29, 1.82) is 0 Å². The van der Waals surface area contributed by atoms with Crippen LogP contribution >= 0.6 is 11.6 Å². The lowest BCUT2D eigenvalue weighted by atomic mass is 9.97. The lowest BCUT2D eigenvalue weighted by Gasteiger charge is -2.07. The number of carbonyl (C=O) groups is 1. The molecule has 1 nitrogen and oxygen atoms in total. The Hall–Kier alpha value is -0.820. The SMILES string of the molecule is O=C(CCc1cccc(Cl)c1)C1CCCC1. The molecule has 1 aromatic rings. The van der Waals surface area contributed by atoms with Crippen molar-refractivity contribution in [2.75, 3.05) is 0 Å². The summed E-state index contributed by atoms with van der Waals surface area (Å²) in [6.45, 7) is 0. The highest BCUT2D eigenvalue weighted by Crippen LogP contribution is 2.26. The number of rotatable bonds is 4. The maximum Gasteiger partial charge on any atom is 0.136 e. The molecular formula is C14H17ClO. The van der Waals surface area contributed by atoms with Gasteiger partial charge in [-0.1, -0.05) is 36.6 Å². The second-order valence-electron chi connectivity index (χ2n) is 4.58. The summed E-state index contributed by atoms with van der Waals surface area (Å²) in [5, 5.41) is 0.755. The zero-order valence-electron chi connectivity index (χ0n) is 9.42. The predicted octanol–water partition coefficient (Wildman–Crippen LogP) is 4.03. The molecule has 0 unspecified atom stereocenters. The molecule has 16 heavy (non-hydrogen) atoms. The highest BCUT2D eigenvalue weighted by molar-refractivity contribution is 6.30. The van der Waals surface area contributed by atoms with Gasteiger partial charge in [-0.25, -0.2) is 0 Å². The minimum Gasteiger partial charge on any atom is -0.299 e. The molecule has 0 aliphatic heterocycles. The van der Waals surface area contributed by atoms with E-state index >= 15 is 0 Å². The summed E-state index contributed by atoms with van der Waals surface area (Å²) in [7, 11) is 0. The third-order valence-electron chi connectivity index (χ3n) is 3.36. The molecule has 2 heteroatoms. The molecule has 0 N–H and O–H groups in total. The molecule has 1 aliphatic rings. The van der Waals surface area contributed by atoms with Crippen molar-refractivity contribution >= 4 is 17.4 Å². The van der Waals surface area contributed by atoms with E-state index in [2.05, 4.69) is 0 Å². The van der Waals surface area contributed by atoms with E-state index < -0.39 is 0 Å². The zero-order chi connectivity index (χ0) is 11.4. The van der Waals surface area contributed by atoms with Crippen molar-refractivity contribution in [1.82, 2.24) is 0 Å². The van der Waals surface area contributed by atoms with Gasteiger partial charge in [-0.3, -0.25) is 4.79 Å². The van der Waals surface area contributed by atoms with Crippen molar-refractivity contribution in [3.63, 3.8) is 0 Å². The van der Waals surface area contributed by atoms with E-state index in [1.165, 1.54) is 18.4 Å². The predicted molar refractivity (Wildman–Crippen MR) is 66.7 cm³/mol. The number of carbonyl (C=O) groups excluding carboxylic acids is 1. The fourth-order valence-corrected chi connectivity index (χ4v) is 2.62. The minimum absolute atomic E-state index is 0.346. The molecule has 1 fully saturated rings. The van der Waals surface area contributed by atoms with Gasteiger partial charge in [-0.05, 0) is 37.0 Å². The molecule has 0 heterocycles. The number of aryl methyl sites for hydroxylation is 1. The third kappa shape index (κ3) is 3.08. The van der Waals surface area contributed by atoms with Gasteiger partial charge in [0.2, 0.25) is 0 Å². The quantitative estimate of drug-likeness (QED) is 0.772. The largest absolute Gasteiger partial charge is 0.299 e. The van der Waals surface area contributed by atoms with Crippen LogP contribution < -0.4 is 0 Å². The standard InChI is InChI=1S/C14H17ClO/c15-13-7-3-4-11(10-13)8-9-14(16)12-5-1-2-6-12/h3-4,7,10,12H,1-2,5-6,8-9H2. The molecule has 86 valence electrons. The van der Waals surface area contributed by atoms with E-state index in [-0.39, 0.29) is 0 Å². The van der Waals surface area contributed by atoms with Crippen LogP contribution in [0.5, 0.6) is 0 Å². The van der Waals surface area contributed by atoms with Gasteiger partial charge in [0, 0.05) is 17.4 Å². The van der Waals surface area contributed by atoms with Crippen molar-refractivity contribution < 1.29 is 4.79 Å². The van der Waals surface area contributed by atoms with Crippen molar-refractivity contribution in [3.05, 3.63) is 34.9 Å². The van der Waals surface area contributed by atoms with Gasteiger partial charge in [-0.2, -0.15) is 0 Å². The van der Waals surface area contributed by atoms with Gasteiger partial charge in [0.25, 0.3) is 0 Å². The first-order chi connectivity index (χ1) is 7.75. The van der Waals surface area contributed by atoms with Gasteiger partial charge >= 0.3 is 0 Å². The zero-order valence-corrected chi connectivity index (χ0v) is 10.2. The summed E-state index contributed by atoms with van der Waals surface area (Å²) in [6, 6.07) is 7.79. The van der Waals surface area contributed by atoms with Crippen molar-refractivity contribution in [2.24, 2.45) is 5.92 Å². The van der Waals surface area contributed by atoms with Crippen LogP contribution in [-0.2, 0) is 11.2 Å². The Morgan fingerprint density at radius 2 is 2.06 bits per heavy atom. The van der Waals surface area contributed by atoms with Gasteiger partial charge in [0.1, 0.15) is 5.78 Å². The van der Waals surface area contributed by atoms with Crippen LogP contribution in [0.4, 0.5) is 0 Å². The first-order valence-corrected chi connectivity index (χ1v) is 6.40. The van der Waals surface area contributed by atoms with E-state index in [0.29, 0.717) is 18.1 Å². The Kier molecular flexibility index (Phi) is 4.00. The van der Waals surface area contributed by atoms with Gasteiger partial charge in [0.05, 0.1) is 0 Å². The fourth-order valence-electron chi connectivity index (χ4n) is 2.41. The first-order valence-electron chi connectivity index (χ1n) is 6.03. The molecule has 0 bridgehead atoms. The van der Waals surface area contributed by atoms with E-state index in [9.17, 15) is 4.79 Å². The molecule has 2 rings (SSSR count). The van der Waals surface area contributed by atoms with Crippen LogP contribution in [0.2, 0.25) is 5.02 Å². The summed E-state index contributed by atoms with van der Waals surface area (Å²) in [5.41, 5.74) is 1.17. The van der Waals surface area contributed by atoms with E-state index in [4.69, 9.17) is 11.6 Å². The van der Waals surface area contributed by atoms with Gasteiger partial charge in [-0.15, -0.1) is 0 Å². The Morgan fingerprint density at radius 3 is 2.75 bits per heavy atom. The normalized spacial score (nSPS) is 16.6. The van der Waals surface area contributed by atoms with E-state index in [1.54, 1.807) is 0 Å². The van der Waals surface area contributed by atoms with Gasteiger partial charge < -0.3 is 0 Å². The molecule has 1 saturated carbocycles. The Bertz CT molecular complexity index is 367. The summed E-state index contributed by atoms with van der Waals surface area (Å²) in [6.07, 6.45) is 6.17. The van der Waals surface area contributed by atoms with Crippen LogP contribution in [0.3, 0.4) is 0 Å². The minimum atomic E-state index is 0.346. The Labute approximate surface area is 102 Å². The molecule has 1 aliphatic carbocycles. The summed E-state index contributed by atoms with van der Waals surface area (Å²) < 4.78 is 0. The lowest BCUT2D eigenvalue weighted by molar-refractivity contribution is -0.122. The van der Waals surface area contributed by atoms with Crippen molar-refractivity contribution in [3.8, 4) is 0 Å². The van der Waals surface area contributed by atoms with Gasteiger partial charge in [0.15, 0.2) is 0 Å². The molecule has 1 aromatic carbocycles. The highest BCUT2D eigenvalue weighted by Gasteiger charge is 2.21. The second-order valence-corrected chi connectivity index (χ2v) is 5.01. The molecule has 0 radical (unpaired) electrons. The topological polar surface area (TPSA) is 17.1 Å². The lowest BCUT2D eigenvalue weighted by Crippen LogP contribution is -2.11. The molecule has 0 atom stereocenters. The Morgan fingerprint density at radius 1 is 1.31 bits per heavy atom. The van der Waals surface area contributed by atoms with Crippen LogP contribution in [-0.4, -0.2) is 5.78 Å². The number of halogens is 1. The highest BCUT2D eigenvalue weighted by atomic mass is 35.5. The number of hydrogen-bond acceptors (Lipinski definition) is 1. The number of benzene rings is 1. The molecule has 0 spiro atoms.